The largest absolute Gasteiger partial charge is 0.508 e. The number of phenols is 2. The number of nitrogens with zero attached hydrogens (tertiary/aromatic N) is 1. The van der Waals surface area contributed by atoms with Crippen LogP contribution in [0.4, 0.5) is 5.69 Å². The maximum atomic E-state index is 12.8. The van der Waals surface area contributed by atoms with Crippen LogP contribution in [-0.4, -0.2) is 22.2 Å². The topological polar surface area (TPSA) is 60.8 Å². The summed E-state index contributed by atoms with van der Waals surface area (Å²) >= 11 is 0. The van der Waals surface area contributed by atoms with Crippen molar-refractivity contribution in [1.82, 2.24) is 0 Å². The lowest BCUT2D eigenvalue weighted by Gasteiger charge is -2.35. The summed E-state index contributed by atoms with van der Waals surface area (Å²) in [6, 6.07) is 11.9. The van der Waals surface area contributed by atoms with Gasteiger partial charge in [-0.25, -0.2) is 0 Å². The maximum Gasteiger partial charge on any atom is 0.258 e. The number of fused-ring (bicyclic) bond motifs is 1. The number of para-hydroxylation sites is 1. The van der Waals surface area contributed by atoms with E-state index in [4.69, 9.17) is 0 Å². The van der Waals surface area contributed by atoms with Crippen molar-refractivity contribution < 1.29 is 15.0 Å². The molecule has 1 aliphatic heterocycles. The average Bonchev–Trinajstić information content (AvgIpc) is 2.45. The van der Waals surface area contributed by atoms with E-state index in [0.717, 1.165) is 24.1 Å². The van der Waals surface area contributed by atoms with E-state index >= 15 is 0 Å². The highest BCUT2D eigenvalue weighted by Crippen LogP contribution is 2.32. The summed E-state index contributed by atoms with van der Waals surface area (Å²) in [4.78, 5) is 14.5. The van der Waals surface area contributed by atoms with Gasteiger partial charge < -0.3 is 15.1 Å². The summed E-state index contributed by atoms with van der Waals surface area (Å²) in [7, 11) is 0. The summed E-state index contributed by atoms with van der Waals surface area (Å²) in [5.74, 6) is -0.437. The fraction of sp³-hybridized carbons (Fsp3) is 0.235. The van der Waals surface area contributed by atoms with E-state index in [1.54, 1.807) is 4.90 Å². The lowest BCUT2D eigenvalue weighted by atomic mass is 9.95. The van der Waals surface area contributed by atoms with E-state index in [2.05, 4.69) is 0 Å². The van der Waals surface area contributed by atoms with Crippen molar-refractivity contribution in [1.29, 1.82) is 0 Å². The highest BCUT2D eigenvalue weighted by molar-refractivity contribution is 6.07. The minimum atomic E-state index is -0.208. The molecule has 1 atom stereocenters. The lowest BCUT2D eigenvalue weighted by Crippen LogP contribution is -2.42. The predicted octanol–water partition coefficient (Wildman–Crippen LogP) is 3.08. The van der Waals surface area contributed by atoms with Crippen LogP contribution in [0.2, 0.25) is 0 Å². The molecule has 0 bridgehead atoms. The molecule has 0 aromatic heterocycles. The smallest absolute Gasteiger partial charge is 0.258 e. The molecule has 0 radical (unpaired) electrons. The zero-order valence-corrected chi connectivity index (χ0v) is 11.8. The van der Waals surface area contributed by atoms with Crippen LogP contribution < -0.4 is 4.90 Å². The Morgan fingerprint density at radius 3 is 2.52 bits per heavy atom. The van der Waals surface area contributed by atoms with Gasteiger partial charge in [0.2, 0.25) is 0 Å². The van der Waals surface area contributed by atoms with E-state index in [-0.39, 0.29) is 29.0 Å². The number of aryl methyl sites for hydroxylation is 1. The SMILES string of the molecule is CC1CCc2ccccc2N1C(=O)c1cc(O)cc(O)c1. The fourth-order valence-electron chi connectivity index (χ4n) is 2.86. The van der Waals surface area contributed by atoms with Gasteiger partial charge >= 0.3 is 0 Å². The molecule has 21 heavy (non-hydrogen) atoms. The number of anilines is 1. The molecule has 1 unspecified atom stereocenters. The first-order valence-electron chi connectivity index (χ1n) is 7.01. The summed E-state index contributed by atoms with van der Waals surface area (Å²) in [5, 5.41) is 19.1. The van der Waals surface area contributed by atoms with Gasteiger partial charge in [0.05, 0.1) is 0 Å². The van der Waals surface area contributed by atoms with E-state index in [1.807, 2.05) is 31.2 Å². The van der Waals surface area contributed by atoms with Crippen molar-refractivity contribution in [3.05, 3.63) is 53.6 Å². The third kappa shape index (κ3) is 2.44. The van der Waals surface area contributed by atoms with Crippen LogP contribution in [0.1, 0.15) is 29.3 Å². The highest BCUT2D eigenvalue weighted by atomic mass is 16.3. The Kier molecular flexibility index (Phi) is 3.29. The maximum absolute atomic E-state index is 12.8. The number of benzene rings is 2. The van der Waals surface area contributed by atoms with Gasteiger partial charge in [-0.3, -0.25) is 4.79 Å². The second kappa shape index (κ2) is 5.13. The first-order chi connectivity index (χ1) is 10.1. The van der Waals surface area contributed by atoms with Gasteiger partial charge in [-0.05, 0) is 43.5 Å². The Morgan fingerprint density at radius 2 is 1.81 bits per heavy atom. The predicted molar refractivity (Wildman–Crippen MR) is 80.8 cm³/mol. The van der Waals surface area contributed by atoms with Crippen molar-refractivity contribution >= 4 is 11.6 Å². The zero-order chi connectivity index (χ0) is 15.0. The molecule has 2 N–H and O–H groups in total. The Labute approximate surface area is 123 Å². The van der Waals surface area contributed by atoms with Crippen molar-refractivity contribution in [2.24, 2.45) is 0 Å². The third-order valence-electron chi connectivity index (χ3n) is 3.89. The molecule has 4 heteroatoms. The zero-order valence-electron chi connectivity index (χ0n) is 11.8. The molecule has 4 nitrogen and oxygen atoms in total. The van der Waals surface area contributed by atoms with Gasteiger partial charge in [-0.1, -0.05) is 18.2 Å². The van der Waals surface area contributed by atoms with Crippen LogP contribution in [0.25, 0.3) is 0 Å². The number of carbonyl (C=O) groups is 1. The van der Waals surface area contributed by atoms with E-state index in [1.165, 1.54) is 18.2 Å². The highest BCUT2D eigenvalue weighted by Gasteiger charge is 2.29. The molecule has 0 spiro atoms. The average molecular weight is 283 g/mol. The Morgan fingerprint density at radius 1 is 1.14 bits per heavy atom. The van der Waals surface area contributed by atoms with Gasteiger partial charge in [0.25, 0.3) is 5.91 Å². The standard InChI is InChI=1S/C17H17NO3/c1-11-6-7-12-4-2-3-5-16(12)18(11)17(21)13-8-14(19)10-15(20)9-13/h2-5,8-11,19-20H,6-7H2,1H3. The number of carbonyl (C=O) groups excluding carboxylic acids is 1. The number of hydrogen-bond acceptors (Lipinski definition) is 3. The monoisotopic (exact) mass is 283 g/mol. The molecule has 0 saturated heterocycles. The second-order valence-corrected chi connectivity index (χ2v) is 5.43. The minimum Gasteiger partial charge on any atom is -0.508 e. The molecule has 0 aliphatic carbocycles. The Balaban J connectivity index is 2.04. The molecule has 3 rings (SSSR count). The van der Waals surface area contributed by atoms with Gasteiger partial charge in [0.15, 0.2) is 0 Å². The molecule has 0 saturated carbocycles. The molecule has 1 heterocycles. The van der Waals surface area contributed by atoms with Crippen LogP contribution in [0.5, 0.6) is 11.5 Å². The normalized spacial score (nSPS) is 17.4. The molecule has 2 aromatic carbocycles. The van der Waals surface area contributed by atoms with Crippen molar-refractivity contribution in [3.8, 4) is 11.5 Å². The summed E-state index contributed by atoms with van der Waals surface area (Å²) in [5.41, 5.74) is 2.34. The number of rotatable bonds is 1. The number of amides is 1. The molecular formula is C17H17NO3. The van der Waals surface area contributed by atoms with Gasteiger partial charge in [-0.15, -0.1) is 0 Å². The molecule has 1 aliphatic rings. The molecule has 1 amide bonds. The second-order valence-electron chi connectivity index (χ2n) is 5.43. The van der Waals surface area contributed by atoms with Crippen LogP contribution in [0.3, 0.4) is 0 Å². The Bertz CT molecular complexity index is 676. The van der Waals surface area contributed by atoms with E-state index in [9.17, 15) is 15.0 Å². The van der Waals surface area contributed by atoms with Crippen molar-refractivity contribution in [2.75, 3.05) is 4.90 Å². The van der Waals surface area contributed by atoms with Gasteiger partial charge in [0.1, 0.15) is 11.5 Å². The van der Waals surface area contributed by atoms with Crippen LogP contribution in [-0.2, 0) is 6.42 Å². The third-order valence-corrected chi connectivity index (χ3v) is 3.89. The summed E-state index contributed by atoms with van der Waals surface area (Å²) < 4.78 is 0. The van der Waals surface area contributed by atoms with Crippen LogP contribution in [0.15, 0.2) is 42.5 Å². The van der Waals surface area contributed by atoms with Crippen LogP contribution >= 0.6 is 0 Å². The first kappa shape index (κ1) is 13.5. The molecule has 108 valence electrons. The van der Waals surface area contributed by atoms with Gasteiger partial charge in [0, 0.05) is 23.4 Å². The quantitative estimate of drug-likeness (QED) is 0.845. The minimum absolute atomic E-state index is 0.0805. The number of aromatic hydroxyl groups is 2. The van der Waals surface area contributed by atoms with Crippen molar-refractivity contribution in [3.63, 3.8) is 0 Å². The first-order valence-corrected chi connectivity index (χ1v) is 7.01. The molecule has 0 fully saturated rings. The Hall–Kier alpha value is -2.49. The lowest BCUT2D eigenvalue weighted by molar-refractivity contribution is 0.0974. The molecule has 2 aromatic rings. The molecular weight excluding hydrogens is 266 g/mol. The van der Waals surface area contributed by atoms with Crippen molar-refractivity contribution in [2.45, 2.75) is 25.8 Å². The number of phenolic OH excluding ortho intramolecular Hbond substituents is 2. The van der Waals surface area contributed by atoms with E-state index in [0.29, 0.717) is 0 Å². The number of hydrogen-bond donors (Lipinski definition) is 2. The van der Waals surface area contributed by atoms with Crippen LogP contribution in [0, 0.1) is 0 Å². The summed E-state index contributed by atoms with van der Waals surface area (Å²) in [6.07, 6.45) is 1.85. The van der Waals surface area contributed by atoms with Gasteiger partial charge in [-0.2, -0.15) is 0 Å². The van der Waals surface area contributed by atoms with E-state index < -0.39 is 0 Å². The fourth-order valence-corrected chi connectivity index (χ4v) is 2.86. The summed E-state index contributed by atoms with van der Waals surface area (Å²) in [6.45, 7) is 2.01.